The van der Waals surface area contributed by atoms with Crippen molar-refractivity contribution in [1.82, 2.24) is 15.1 Å². The fourth-order valence-corrected chi connectivity index (χ4v) is 8.60. The lowest BCUT2D eigenvalue weighted by Crippen LogP contribution is -2.65. The number of carbonyl (C=O) groups excluding carboxylic acids is 2. The minimum absolute atomic E-state index is 0.0242. The molecule has 7 rings (SSSR count). The number of nitrogens with zero attached hydrogens (tertiary/aromatic N) is 2. The molecular formula is C38H40F3N3O7. The quantitative estimate of drug-likeness (QED) is 0.179. The highest BCUT2D eigenvalue weighted by molar-refractivity contribution is 5.91. The van der Waals surface area contributed by atoms with Crippen LogP contribution in [0, 0.1) is 13.8 Å². The summed E-state index contributed by atoms with van der Waals surface area (Å²) in [5.74, 6) is 0.924. The molecule has 0 saturated carbocycles. The van der Waals surface area contributed by atoms with Crippen LogP contribution in [0.15, 0.2) is 36.4 Å². The maximum absolute atomic E-state index is 13.3. The number of phenolic OH excluding ortho intramolecular Hbond substituents is 1. The summed E-state index contributed by atoms with van der Waals surface area (Å²) in [6, 6.07) is 5.96. The first-order valence-corrected chi connectivity index (χ1v) is 17.0. The number of phenols is 1. The van der Waals surface area contributed by atoms with Crippen LogP contribution in [0.3, 0.4) is 0 Å². The number of piperazine rings is 1. The molecule has 3 aromatic carbocycles. The number of hydrogen-bond acceptors (Lipinski definition) is 9. The number of aryl methyl sites for hydroxylation is 1. The molecule has 270 valence electrons. The number of alkyl halides is 3. The summed E-state index contributed by atoms with van der Waals surface area (Å²) in [7, 11) is 1.54. The van der Waals surface area contributed by atoms with Gasteiger partial charge in [0.1, 0.15) is 5.75 Å². The smallest absolute Gasteiger partial charge is 0.416 e. The van der Waals surface area contributed by atoms with Crippen LogP contribution in [0.2, 0.25) is 0 Å². The molecule has 4 aliphatic rings. The van der Waals surface area contributed by atoms with Gasteiger partial charge in [0.15, 0.2) is 23.0 Å². The Bertz CT molecular complexity index is 1940. The van der Waals surface area contributed by atoms with E-state index in [0.717, 1.165) is 46.5 Å². The molecule has 10 nitrogen and oxygen atoms in total. The van der Waals surface area contributed by atoms with Gasteiger partial charge in [0.2, 0.25) is 12.7 Å². The van der Waals surface area contributed by atoms with Gasteiger partial charge in [-0.2, -0.15) is 13.2 Å². The highest BCUT2D eigenvalue weighted by Gasteiger charge is 2.53. The van der Waals surface area contributed by atoms with Crippen LogP contribution in [-0.4, -0.2) is 72.4 Å². The molecule has 3 aromatic rings. The third-order valence-electron chi connectivity index (χ3n) is 10.6. The first kappa shape index (κ1) is 34.7. The van der Waals surface area contributed by atoms with Gasteiger partial charge in [-0.3, -0.25) is 19.4 Å². The third-order valence-corrected chi connectivity index (χ3v) is 10.6. The number of hydrogen-bond donors (Lipinski definition) is 2. The molecule has 4 aliphatic heterocycles. The highest BCUT2D eigenvalue weighted by atomic mass is 19.4. The lowest BCUT2D eigenvalue weighted by atomic mass is 9.73. The van der Waals surface area contributed by atoms with Gasteiger partial charge >= 0.3 is 12.1 Å². The predicted molar refractivity (Wildman–Crippen MR) is 181 cm³/mol. The number of amides is 1. The molecule has 51 heavy (non-hydrogen) atoms. The summed E-state index contributed by atoms with van der Waals surface area (Å²) in [5.41, 5.74) is 4.27. The summed E-state index contributed by atoms with van der Waals surface area (Å²) < 4.78 is 63.4. The average molecular weight is 708 g/mol. The van der Waals surface area contributed by atoms with Crippen molar-refractivity contribution in [3.05, 3.63) is 80.9 Å². The van der Waals surface area contributed by atoms with Crippen molar-refractivity contribution >= 4 is 18.0 Å². The van der Waals surface area contributed by atoms with Crippen molar-refractivity contribution < 1.29 is 46.8 Å². The Hall–Kier alpha value is -4.75. The summed E-state index contributed by atoms with van der Waals surface area (Å²) in [4.78, 5) is 30.5. The number of methoxy groups -OCH3 is 1. The lowest BCUT2D eigenvalue weighted by molar-refractivity contribution is -0.137. The molecule has 2 N–H and O–H groups in total. The number of benzene rings is 3. The largest absolute Gasteiger partial charge is 0.504 e. The number of carbonyl (C=O) groups is 2. The predicted octanol–water partition coefficient (Wildman–Crippen LogP) is 5.79. The van der Waals surface area contributed by atoms with E-state index in [0.29, 0.717) is 47.9 Å². The molecule has 1 amide bonds. The van der Waals surface area contributed by atoms with E-state index in [-0.39, 0.29) is 42.8 Å². The Morgan fingerprint density at radius 1 is 1.10 bits per heavy atom. The van der Waals surface area contributed by atoms with E-state index in [4.69, 9.17) is 18.9 Å². The van der Waals surface area contributed by atoms with Gasteiger partial charge < -0.3 is 29.4 Å². The summed E-state index contributed by atoms with van der Waals surface area (Å²) in [6.45, 7) is 8.61. The minimum Gasteiger partial charge on any atom is -0.504 e. The van der Waals surface area contributed by atoms with Crippen molar-refractivity contribution in [2.24, 2.45) is 0 Å². The van der Waals surface area contributed by atoms with Crippen LogP contribution in [0.1, 0.15) is 70.4 Å². The van der Waals surface area contributed by atoms with E-state index < -0.39 is 29.7 Å². The van der Waals surface area contributed by atoms with E-state index in [1.54, 1.807) is 7.11 Å². The van der Waals surface area contributed by atoms with Crippen LogP contribution in [0.4, 0.5) is 13.2 Å². The molecule has 1 saturated heterocycles. The summed E-state index contributed by atoms with van der Waals surface area (Å²) in [5, 5.41) is 14.7. The first-order chi connectivity index (χ1) is 24.3. The SMILES string of the molecule is CCN1C2Cc3cc(C)c(OC)c(O)c3C1C1Cc3c(OC(C)=O)c(C)c4c(c3C(CNC(=O)C=Cc3cccc(C(F)(F)F)c3)N1C2)OCO4. The number of rotatable bonds is 7. The second-order valence-corrected chi connectivity index (χ2v) is 13.5. The van der Waals surface area contributed by atoms with Gasteiger partial charge in [0, 0.05) is 60.4 Å². The van der Waals surface area contributed by atoms with Crippen LogP contribution in [0.5, 0.6) is 28.7 Å². The minimum atomic E-state index is -4.51. The molecule has 0 radical (unpaired) electrons. The summed E-state index contributed by atoms with van der Waals surface area (Å²) >= 11 is 0. The van der Waals surface area contributed by atoms with Crippen molar-refractivity contribution in [2.45, 2.75) is 70.9 Å². The Labute approximate surface area is 293 Å². The fourth-order valence-electron chi connectivity index (χ4n) is 8.60. The lowest BCUT2D eigenvalue weighted by Gasteiger charge is -2.58. The average Bonchev–Trinajstić information content (AvgIpc) is 3.57. The maximum atomic E-state index is 13.3. The Kier molecular flexibility index (Phi) is 8.91. The topological polar surface area (TPSA) is 110 Å². The summed E-state index contributed by atoms with van der Waals surface area (Å²) in [6.07, 6.45) is -0.811. The van der Waals surface area contributed by atoms with Gasteiger partial charge in [0.25, 0.3) is 0 Å². The number of ether oxygens (including phenoxy) is 4. The maximum Gasteiger partial charge on any atom is 0.416 e. The Balaban J connectivity index is 1.31. The molecule has 1 fully saturated rings. The third kappa shape index (κ3) is 5.95. The zero-order valence-electron chi connectivity index (χ0n) is 29.0. The second kappa shape index (κ2) is 13.1. The van der Waals surface area contributed by atoms with Crippen LogP contribution in [0.25, 0.3) is 6.08 Å². The van der Waals surface area contributed by atoms with E-state index in [9.17, 15) is 27.9 Å². The van der Waals surface area contributed by atoms with Gasteiger partial charge in [-0.05, 0) is 68.1 Å². The second-order valence-electron chi connectivity index (χ2n) is 13.5. The van der Waals surface area contributed by atoms with Crippen LogP contribution in [-0.2, 0) is 28.6 Å². The number of fused-ring (bicyclic) bond motifs is 9. The molecule has 4 unspecified atom stereocenters. The molecule has 0 aliphatic carbocycles. The van der Waals surface area contributed by atoms with Crippen molar-refractivity contribution in [3.63, 3.8) is 0 Å². The molecule has 2 bridgehead atoms. The van der Waals surface area contributed by atoms with Crippen LogP contribution >= 0.6 is 0 Å². The molecule has 0 spiro atoms. The highest BCUT2D eigenvalue weighted by Crippen LogP contribution is 2.57. The van der Waals surface area contributed by atoms with Crippen molar-refractivity contribution in [1.29, 1.82) is 0 Å². The van der Waals surface area contributed by atoms with E-state index in [1.165, 1.54) is 31.2 Å². The molecular weight excluding hydrogens is 667 g/mol. The van der Waals surface area contributed by atoms with Crippen LogP contribution < -0.4 is 24.3 Å². The normalized spacial score (nSPS) is 22.3. The monoisotopic (exact) mass is 707 g/mol. The Morgan fingerprint density at radius 2 is 1.86 bits per heavy atom. The van der Waals surface area contributed by atoms with Gasteiger partial charge in [-0.1, -0.05) is 25.1 Å². The number of likely N-dealkylation sites (N-methyl/N-ethyl adjacent to an activating group) is 1. The number of halogens is 3. The fraction of sp³-hybridized carbons (Fsp3) is 0.421. The van der Waals surface area contributed by atoms with E-state index in [1.807, 2.05) is 13.8 Å². The van der Waals surface area contributed by atoms with Gasteiger partial charge in [0.05, 0.1) is 24.8 Å². The van der Waals surface area contributed by atoms with Crippen molar-refractivity contribution in [3.8, 4) is 28.7 Å². The number of esters is 1. The molecule has 0 aromatic heterocycles. The zero-order valence-corrected chi connectivity index (χ0v) is 29.0. The molecule has 4 atom stereocenters. The zero-order chi connectivity index (χ0) is 36.4. The van der Waals surface area contributed by atoms with Gasteiger partial charge in [-0.15, -0.1) is 0 Å². The number of aromatic hydroxyl groups is 1. The van der Waals surface area contributed by atoms with Gasteiger partial charge in [-0.25, -0.2) is 0 Å². The Morgan fingerprint density at radius 3 is 2.57 bits per heavy atom. The van der Waals surface area contributed by atoms with E-state index in [2.05, 4.69) is 28.1 Å². The molecule has 13 heteroatoms. The standard InChI is InChI=1S/C38H40F3N3O7/c1-6-43-25-14-23-12-19(2)34(48-5)33(47)30(23)32(43)27-15-26-31(37-36(49-18-50-37)20(3)35(26)51-21(4)45)28(44(27)17-25)16-42-29(46)11-10-22-8-7-9-24(13-22)38(39,40)41/h7-13,25,27-28,32,47H,6,14-18H2,1-5H3,(H,42,46). The molecule has 4 heterocycles. The number of nitrogens with one attached hydrogen (secondary N) is 1. The first-order valence-electron chi connectivity index (χ1n) is 17.0. The van der Waals surface area contributed by atoms with Crippen molar-refractivity contribution in [2.75, 3.05) is 33.5 Å². The van der Waals surface area contributed by atoms with E-state index >= 15 is 0 Å².